The molecule has 0 spiro atoms. The molecule has 1 atom stereocenters. The van der Waals surface area contributed by atoms with Crippen LogP contribution in [0.1, 0.15) is 47.0 Å². The predicted molar refractivity (Wildman–Crippen MR) is 104 cm³/mol. The van der Waals surface area contributed by atoms with Gasteiger partial charge in [-0.1, -0.05) is 20.3 Å². The Morgan fingerprint density at radius 3 is 2.36 bits per heavy atom. The molecule has 2 aliphatic rings. The average Bonchev–Trinajstić information content (AvgIpc) is 2.53. The summed E-state index contributed by atoms with van der Waals surface area (Å²) in [6.07, 6.45) is 3.43. The van der Waals surface area contributed by atoms with E-state index in [1.807, 2.05) is 0 Å². The molecule has 2 N–H and O–H groups in total. The summed E-state index contributed by atoms with van der Waals surface area (Å²) in [7, 11) is 0. The van der Waals surface area contributed by atoms with Gasteiger partial charge in [0, 0.05) is 51.2 Å². The summed E-state index contributed by atoms with van der Waals surface area (Å²) in [4.78, 5) is 21.5. The summed E-state index contributed by atoms with van der Waals surface area (Å²) in [5.41, 5.74) is 0. The molecule has 1 aliphatic carbocycles. The van der Waals surface area contributed by atoms with E-state index in [9.17, 15) is 4.79 Å². The minimum atomic E-state index is 0.327. The lowest BCUT2D eigenvalue weighted by Gasteiger charge is -2.38. The van der Waals surface area contributed by atoms with Crippen molar-refractivity contribution in [2.24, 2.45) is 16.8 Å². The molecule has 1 unspecified atom stereocenters. The van der Waals surface area contributed by atoms with Crippen molar-refractivity contribution in [2.45, 2.75) is 53.0 Å². The molecule has 1 amide bonds. The van der Waals surface area contributed by atoms with Crippen molar-refractivity contribution >= 4 is 11.9 Å². The van der Waals surface area contributed by atoms with Crippen molar-refractivity contribution in [3.8, 4) is 0 Å². The van der Waals surface area contributed by atoms with Gasteiger partial charge in [0.05, 0.1) is 6.54 Å². The second-order valence-corrected chi connectivity index (χ2v) is 7.73. The van der Waals surface area contributed by atoms with Crippen molar-refractivity contribution in [1.82, 2.24) is 20.4 Å². The van der Waals surface area contributed by atoms with E-state index < -0.39 is 0 Å². The third-order valence-electron chi connectivity index (χ3n) is 5.53. The first-order valence-electron chi connectivity index (χ1n) is 10.1. The van der Waals surface area contributed by atoms with Gasteiger partial charge in [0.15, 0.2) is 5.96 Å². The average molecular weight is 352 g/mol. The van der Waals surface area contributed by atoms with Gasteiger partial charge in [-0.05, 0) is 32.6 Å². The SMILES string of the molecule is CCNC(=NCCN1CCN(C(=O)C2CCC2)CC1)NC(C)C(C)C. The second-order valence-electron chi connectivity index (χ2n) is 7.73. The fourth-order valence-electron chi connectivity index (χ4n) is 3.11. The largest absolute Gasteiger partial charge is 0.357 e. The Morgan fingerprint density at radius 1 is 1.16 bits per heavy atom. The van der Waals surface area contributed by atoms with Crippen LogP contribution >= 0.6 is 0 Å². The van der Waals surface area contributed by atoms with Crippen LogP contribution in [0.4, 0.5) is 0 Å². The van der Waals surface area contributed by atoms with E-state index in [4.69, 9.17) is 4.99 Å². The number of aliphatic imine (C=N–C) groups is 1. The first kappa shape index (κ1) is 20.0. The van der Waals surface area contributed by atoms with Crippen molar-refractivity contribution in [1.29, 1.82) is 0 Å². The molecule has 6 nitrogen and oxygen atoms in total. The molecule has 0 aromatic rings. The molecule has 0 bridgehead atoms. The Morgan fingerprint density at radius 2 is 1.84 bits per heavy atom. The van der Waals surface area contributed by atoms with Crippen molar-refractivity contribution in [3.63, 3.8) is 0 Å². The van der Waals surface area contributed by atoms with E-state index >= 15 is 0 Å². The van der Waals surface area contributed by atoms with Gasteiger partial charge in [0.25, 0.3) is 0 Å². The molecule has 144 valence electrons. The third kappa shape index (κ3) is 6.17. The molecule has 6 heteroatoms. The van der Waals surface area contributed by atoms with Crippen LogP contribution in [-0.4, -0.2) is 73.5 Å². The van der Waals surface area contributed by atoms with Crippen LogP contribution in [-0.2, 0) is 4.79 Å². The minimum Gasteiger partial charge on any atom is -0.357 e. The molecule has 1 saturated heterocycles. The number of hydrogen-bond acceptors (Lipinski definition) is 3. The Labute approximate surface area is 153 Å². The molecule has 0 radical (unpaired) electrons. The highest BCUT2D eigenvalue weighted by molar-refractivity contribution is 5.80. The highest BCUT2D eigenvalue weighted by atomic mass is 16.2. The van der Waals surface area contributed by atoms with E-state index in [1.165, 1.54) is 6.42 Å². The van der Waals surface area contributed by atoms with Crippen LogP contribution in [0.2, 0.25) is 0 Å². The highest BCUT2D eigenvalue weighted by Crippen LogP contribution is 2.28. The topological polar surface area (TPSA) is 60.0 Å². The van der Waals surface area contributed by atoms with Crippen molar-refractivity contribution in [2.75, 3.05) is 45.8 Å². The maximum atomic E-state index is 12.3. The second kappa shape index (κ2) is 10.00. The quantitative estimate of drug-likeness (QED) is 0.539. The molecule has 0 aromatic carbocycles. The number of nitrogens with zero attached hydrogens (tertiary/aromatic N) is 3. The van der Waals surface area contributed by atoms with Gasteiger partial charge in [0.2, 0.25) is 5.91 Å². The summed E-state index contributed by atoms with van der Waals surface area (Å²) in [5, 5.41) is 6.79. The molecule has 2 rings (SSSR count). The number of piperazine rings is 1. The number of rotatable bonds is 7. The maximum absolute atomic E-state index is 12.3. The number of guanidine groups is 1. The predicted octanol–water partition coefficient (Wildman–Crippen LogP) is 1.53. The Balaban J connectivity index is 1.70. The zero-order chi connectivity index (χ0) is 18.2. The summed E-state index contributed by atoms with van der Waals surface area (Å²) < 4.78 is 0. The van der Waals surface area contributed by atoms with Crippen LogP contribution in [0.5, 0.6) is 0 Å². The van der Waals surface area contributed by atoms with E-state index in [-0.39, 0.29) is 0 Å². The zero-order valence-electron chi connectivity index (χ0n) is 16.6. The summed E-state index contributed by atoms with van der Waals surface area (Å²) in [6.45, 7) is 15.0. The highest BCUT2D eigenvalue weighted by Gasteiger charge is 2.30. The van der Waals surface area contributed by atoms with Gasteiger partial charge < -0.3 is 15.5 Å². The fraction of sp³-hybridized carbons (Fsp3) is 0.895. The molecular weight excluding hydrogens is 314 g/mol. The van der Waals surface area contributed by atoms with Crippen LogP contribution in [0, 0.1) is 11.8 Å². The maximum Gasteiger partial charge on any atom is 0.225 e. The van der Waals surface area contributed by atoms with E-state index in [0.29, 0.717) is 23.8 Å². The van der Waals surface area contributed by atoms with Gasteiger partial charge in [-0.25, -0.2) is 0 Å². The van der Waals surface area contributed by atoms with E-state index in [0.717, 1.165) is 64.6 Å². The van der Waals surface area contributed by atoms with Gasteiger partial charge >= 0.3 is 0 Å². The van der Waals surface area contributed by atoms with Gasteiger partial charge in [0.1, 0.15) is 0 Å². The van der Waals surface area contributed by atoms with Crippen LogP contribution in [0.25, 0.3) is 0 Å². The number of carbonyl (C=O) groups is 1. The first-order chi connectivity index (χ1) is 12.0. The molecule has 1 aliphatic heterocycles. The number of amides is 1. The lowest BCUT2D eigenvalue weighted by molar-refractivity contribution is -0.139. The molecule has 0 aromatic heterocycles. The van der Waals surface area contributed by atoms with E-state index in [1.54, 1.807) is 0 Å². The smallest absolute Gasteiger partial charge is 0.225 e. The zero-order valence-corrected chi connectivity index (χ0v) is 16.6. The lowest BCUT2D eigenvalue weighted by atomic mass is 9.84. The number of nitrogens with one attached hydrogen (secondary N) is 2. The van der Waals surface area contributed by atoms with E-state index in [2.05, 4.69) is 48.1 Å². The Hall–Kier alpha value is -1.30. The number of hydrogen-bond donors (Lipinski definition) is 2. The summed E-state index contributed by atoms with van der Waals surface area (Å²) >= 11 is 0. The van der Waals surface area contributed by atoms with Crippen LogP contribution < -0.4 is 10.6 Å². The fourth-order valence-corrected chi connectivity index (χ4v) is 3.11. The standard InChI is InChI=1S/C19H37N5O/c1-5-20-19(22-16(4)15(2)3)21-9-10-23-11-13-24(14-12-23)18(25)17-7-6-8-17/h15-17H,5-14H2,1-4H3,(H2,20,21,22). The summed E-state index contributed by atoms with van der Waals surface area (Å²) in [6, 6.07) is 0.402. The van der Waals surface area contributed by atoms with Crippen molar-refractivity contribution < 1.29 is 4.79 Å². The van der Waals surface area contributed by atoms with Gasteiger partial charge in [-0.3, -0.25) is 14.7 Å². The molecule has 1 saturated carbocycles. The van der Waals surface area contributed by atoms with Crippen LogP contribution in [0.3, 0.4) is 0 Å². The Bertz CT molecular complexity index is 439. The molecule has 1 heterocycles. The summed E-state index contributed by atoms with van der Waals surface area (Å²) in [5.74, 6) is 2.20. The first-order valence-corrected chi connectivity index (χ1v) is 10.1. The van der Waals surface area contributed by atoms with Crippen molar-refractivity contribution in [3.05, 3.63) is 0 Å². The Kier molecular flexibility index (Phi) is 8.00. The lowest BCUT2D eigenvalue weighted by Crippen LogP contribution is -2.51. The molecule has 25 heavy (non-hydrogen) atoms. The third-order valence-corrected chi connectivity index (χ3v) is 5.53. The monoisotopic (exact) mass is 351 g/mol. The molecule has 2 fully saturated rings. The normalized spacial score (nSPS) is 21.2. The minimum absolute atomic E-state index is 0.327. The van der Waals surface area contributed by atoms with Crippen LogP contribution in [0.15, 0.2) is 4.99 Å². The van der Waals surface area contributed by atoms with Gasteiger partial charge in [-0.15, -0.1) is 0 Å². The van der Waals surface area contributed by atoms with Gasteiger partial charge in [-0.2, -0.15) is 0 Å². The number of carbonyl (C=O) groups excluding carboxylic acids is 1. The molecular formula is C19H37N5O.